The predicted molar refractivity (Wildman–Crippen MR) is 148 cm³/mol. The first-order chi connectivity index (χ1) is 18.1. The van der Waals surface area contributed by atoms with Gasteiger partial charge in [-0.1, -0.05) is 62.2 Å². The van der Waals surface area contributed by atoms with Crippen LogP contribution in [-0.4, -0.2) is 43.9 Å². The number of aromatic nitrogens is 4. The highest BCUT2D eigenvalue weighted by Gasteiger charge is 2.23. The molecule has 5 rings (SSSR count). The molecule has 0 amide bonds. The van der Waals surface area contributed by atoms with Crippen LogP contribution in [0.3, 0.4) is 0 Å². The van der Waals surface area contributed by atoms with E-state index in [1.165, 1.54) is 12.8 Å². The summed E-state index contributed by atoms with van der Waals surface area (Å²) in [5.74, 6) is 2.06. The Morgan fingerprint density at radius 3 is 2.54 bits per heavy atom. The minimum Gasteiger partial charge on any atom is -0.496 e. The van der Waals surface area contributed by atoms with Crippen molar-refractivity contribution in [2.45, 2.75) is 70.7 Å². The van der Waals surface area contributed by atoms with Crippen molar-refractivity contribution in [1.29, 1.82) is 0 Å². The number of hydrogen-bond acceptors (Lipinski definition) is 7. The summed E-state index contributed by atoms with van der Waals surface area (Å²) in [6, 6.07) is 16.8. The molecule has 0 aliphatic heterocycles. The smallest absolute Gasteiger partial charge is 0.227 e. The van der Waals surface area contributed by atoms with E-state index in [2.05, 4.69) is 45.5 Å². The van der Waals surface area contributed by atoms with Crippen molar-refractivity contribution in [1.82, 2.24) is 19.5 Å². The SMILES string of the molecule is CCC(Nc1nc(NCc2ccc(-c3ccccc3OC)cc2)c2ncn(C3CCCC3)c2n1)[C@@H](C)O. The van der Waals surface area contributed by atoms with Gasteiger partial charge in [-0.05, 0) is 43.4 Å². The van der Waals surface area contributed by atoms with E-state index in [0.717, 1.165) is 52.9 Å². The molecule has 1 aliphatic rings. The van der Waals surface area contributed by atoms with Crippen molar-refractivity contribution >= 4 is 22.9 Å². The average Bonchev–Trinajstić information content (AvgIpc) is 3.60. The highest BCUT2D eigenvalue weighted by atomic mass is 16.5. The normalized spacial score (nSPS) is 15.6. The number of aliphatic hydroxyl groups excluding tert-OH is 1. The van der Waals surface area contributed by atoms with Gasteiger partial charge in [0.2, 0.25) is 5.95 Å². The molecule has 194 valence electrons. The van der Waals surface area contributed by atoms with Gasteiger partial charge in [0.05, 0.1) is 25.6 Å². The van der Waals surface area contributed by atoms with Gasteiger partial charge in [-0.15, -0.1) is 0 Å². The van der Waals surface area contributed by atoms with E-state index in [9.17, 15) is 5.11 Å². The second-order valence-electron chi connectivity index (χ2n) is 9.81. The third-order valence-electron chi connectivity index (χ3n) is 7.31. The second-order valence-corrected chi connectivity index (χ2v) is 9.81. The number of hydrogen-bond donors (Lipinski definition) is 3. The Hall–Kier alpha value is -3.65. The zero-order chi connectivity index (χ0) is 25.8. The summed E-state index contributed by atoms with van der Waals surface area (Å²) < 4.78 is 7.72. The van der Waals surface area contributed by atoms with Crippen LogP contribution in [0.4, 0.5) is 11.8 Å². The minimum absolute atomic E-state index is 0.129. The van der Waals surface area contributed by atoms with Gasteiger partial charge >= 0.3 is 0 Å². The molecule has 2 atom stereocenters. The summed E-state index contributed by atoms with van der Waals surface area (Å²) in [4.78, 5) is 14.3. The Labute approximate surface area is 218 Å². The van der Waals surface area contributed by atoms with Crippen molar-refractivity contribution in [2.24, 2.45) is 0 Å². The number of fused-ring (bicyclic) bond motifs is 1. The summed E-state index contributed by atoms with van der Waals surface area (Å²) >= 11 is 0. The first-order valence-electron chi connectivity index (χ1n) is 13.2. The highest BCUT2D eigenvalue weighted by molar-refractivity contribution is 5.84. The molecule has 2 aromatic heterocycles. The number of rotatable bonds is 10. The molecule has 1 saturated carbocycles. The molecule has 0 saturated heterocycles. The quantitative estimate of drug-likeness (QED) is 0.253. The van der Waals surface area contributed by atoms with E-state index in [-0.39, 0.29) is 6.04 Å². The van der Waals surface area contributed by atoms with Gasteiger partial charge in [0.25, 0.3) is 0 Å². The Bertz CT molecular complexity index is 1330. The number of nitrogens with one attached hydrogen (secondary N) is 2. The summed E-state index contributed by atoms with van der Waals surface area (Å²) in [5.41, 5.74) is 4.91. The van der Waals surface area contributed by atoms with E-state index in [4.69, 9.17) is 19.7 Å². The molecule has 1 fully saturated rings. The Kier molecular flexibility index (Phi) is 7.55. The molecular formula is C29H36N6O2. The van der Waals surface area contributed by atoms with E-state index in [1.54, 1.807) is 14.0 Å². The Morgan fingerprint density at radius 1 is 1.08 bits per heavy atom. The van der Waals surface area contributed by atoms with Crippen LogP contribution in [0, 0.1) is 0 Å². The molecule has 2 heterocycles. The van der Waals surface area contributed by atoms with Crippen molar-refractivity contribution in [2.75, 3.05) is 17.7 Å². The third kappa shape index (κ3) is 5.39. The third-order valence-corrected chi connectivity index (χ3v) is 7.31. The summed E-state index contributed by atoms with van der Waals surface area (Å²) in [6.07, 6.45) is 6.91. The lowest BCUT2D eigenvalue weighted by Gasteiger charge is -2.20. The number of para-hydroxylation sites is 1. The van der Waals surface area contributed by atoms with Crippen LogP contribution < -0.4 is 15.4 Å². The molecule has 1 unspecified atom stereocenters. The van der Waals surface area contributed by atoms with Gasteiger partial charge in [0, 0.05) is 18.2 Å². The number of benzene rings is 2. The molecule has 0 spiro atoms. The molecule has 4 aromatic rings. The van der Waals surface area contributed by atoms with Crippen molar-refractivity contribution in [3.8, 4) is 16.9 Å². The molecule has 8 heteroatoms. The lowest BCUT2D eigenvalue weighted by atomic mass is 10.0. The molecular weight excluding hydrogens is 464 g/mol. The Balaban J connectivity index is 1.41. The number of nitrogens with zero attached hydrogens (tertiary/aromatic N) is 4. The van der Waals surface area contributed by atoms with Crippen LogP contribution >= 0.6 is 0 Å². The maximum Gasteiger partial charge on any atom is 0.227 e. The van der Waals surface area contributed by atoms with Crippen molar-refractivity contribution < 1.29 is 9.84 Å². The van der Waals surface area contributed by atoms with Crippen LogP contribution in [-0.2, 0) is 6.54 Å². The fourth-order valence-electron chi connectivity index (χ4n) is 5.15. The van der Waals surface area contributed by atoms with Crippen LogP contribution in [0.5, 0.6) is 5.75 Å². The van der Waals surface area contributed by atoms with Gasteiger partial charge in [0.15, 0.2) is 17.0 Å². The lowest BCUT2D eigenvalue weighted by molar-refractivity contribution is 0.169. The van der Waals surface area contributed by atoms with Crippen LogP contribution in [0.15, 0.2) is 54.9 Å². The number of imidazole rings is 1. The Morgan fingerprint density at radius 2 is 1.84 bits per heavy atom. The largest absolute Gasteiger partial charge is 0.496 e. The second kappa shape index (κ2) is 11.2. The van der Waals surface area contributed by atoms with Crippen molar-refractivity contribution in [3.63, 3.8) is 0 Å². The maximum atomic E-state index is 10.2. The fourth-order valence-corrected chi connectivity index (χ4v) is 5.15. The molecule has 1 aliphatic carbocycles. The van der Waals surface area contributed by atoms with Gasteiger partial charge in [0.1, 0.15) is 5.75 Å². The first-order valence-corrected chi connectivity index (χ1v) is 13.2. The summed E-state index contributed by atoms with van der Waals surface area (Å²) in [7, 11) is 1.70. The molecule has 3 N–H and O–H groups in total. The minimum atomic E-state index is -0.512. The summed E-state index contributed by atoms with van der Waals surface area (Å²) in [6.45, 7) is 4.43. The molecule has 0 bridgehead atoms. The van der Waals surface area contributed by atoms with Crippen LogP contribution in [0.25, 0.3) is 22.3 Å². The van der Waals surface area contributed by atoms with E-state index < -0.39 is 6.10 Å². The van der Waals surface area contributed by atoms with Crippen LogP contribution in [0.1, 0.15) is 57.6 Å². The zero-order valence-corrected chi connectivity index (χ0v) is 21.8. The highest BCUT2D eigenvalue weighted by Crippen LogP contribution is 2.33. The standard InChI is InChI=1S/C29H36N6O2/c1-4-24(19(2)36)32-29-33-27(26-28(34-29)35(18-31-26)22-9-5-6-10-22)30-17-20-13-15-21(16-14-20)23-11-7-8-12-25(23)37-3/h7-8,11-16,18-19,22,24,36H,4-6,9-10,17H2,1-3H3,(H2,30,32,33,34)/t19-,24?/m1/s1. The van der Waals surface area contributed by atoms with E-state index in [1.807, 2.05) is 31.5 Å². The lowest BCUT2D eigenvalue weighted by Crippen LogP contribution is -2.31. The fraction of sp³-hybridized carbons (Fsp3) is 0.414. The number of aliphatic hydroxyl groups is 1. The van der Waals surface area contributed by atoms with Gasteiger partial charge in [-0.25, -0.2) is 4.98 Å². The van der Waals surface area contributed by atoms with Gasteiger partial charge in [-0.3, -0.25) is 0 Å². The number of anilines is 2. The monoisotopic (exact) mass is 500 g/mol. The maximum absolute atomic E-state index is 10.2. The van der Waals surface area contributed by atoms with Gasteiger partial charge < -0.3 is 25.0 Å². The van der Waals surface area contributed by atoms with Gasteiger partial charge in [-0.2, -0.15) is 9.97 Å². The molecule has 2 aromatic carbocycles. The molecule has 37 heavy (non-hydrogen) atoms. The van der Waals surface area contributed by atoms with Crippen LogP contribution in [0.2, 0.25) is 0 Å². The van der Waals surface area contributed by atoms with E-state index >= 15 is 0 Å². The summed E-state index contributed by atoms with van der Waals surface area (Å²) in [5, 5.41) is 17.0. The van der Waals surface area contributed by atoms with E-state index in [0.29, 0.717) is 24.4 Å². The van der Waals surface area contributed by atoms with Crippen molar-refractivity contribution in [3.05, 3.63) is 60.4 Å². The predicted octanol–water partition coefficient (Wildman–Crippen LogP) is 5.80. The first kappa shape index (κ1) is 25.0. The zero-order valence-electron chi connectivity index (χ0n) is 21.8. The molecule has 0 radical (unpaired) electrons. The average molecular weight is 501 g/mol. The number of ether oxygens (including phenoxy) is 1. The topological polar surface area (TPSA) is 97.1 Å². The number of methoxy groups -OCH3 is 1. The molecule has 8 nitrogen and oxygen atoms in total.